The van der Waals surface area contributed by atoms with Crippen molar-refractivity contribution in [3.05, 3.63) is 59.7 Å². The van der Waals surface area contributed by atoms with Gasteiger partial charge in [-0.2, -0.15) is 0 Å². The van der Waals surface area contributed by atoms with E-state index < -0.39 is 12.1 Å². The molecule has 1 heterocycles. The maximum Gasteiger partial charge on any atom is 0.407 e. The van der Waals surface area contributed by atoms with Gasteiger partial charge in [-0.05, 0) is 30.5 Å². The average molecular weight is 510 g/mol. The number of nitrogens with zero attached hydrogens (tertiary/aromatic N) is 2. The van der Waals surface area contributed by atoms with Crippen molar-refractivity contribution in [1.29, 1.82) is 0 Å². The molecule has 2 aromatic carbocycles. The zero-order valence-corrected chi connectivity index (χ0v) is 21.9. The highest BCUT2D eigenvalue weighted by atomic mass is 16.5. The molecule has 0 spiro atoms. The first-order valence-corrected chi connectivity index (χ1v) is 13.2. The van der Waals surface area contributed by atoms with E-state index in [0.29, 0.717) is 37.7 Å². The first-order chi connectivity index (χ1) is 18.0. The molecule has 8 heteroatoms. The highest BCUT2D eigenvalue weighted by Gasteiger charge is 2.35. The molecule has 8 nitrogen and oxygen atoms in total. The predicted molar refractivity (Wildman–Crippen MR) is 142 cm³/mol. The van der Waals surface area contributed by atoms with Crippen LogP contribution in [0, 0.1) is 5.92 Å². The van der Waals surface area contributed by atoms with Crippen LogP contribution in [0.5, 0.6) is 11.5 Å². The Kier molecular flexibility index (Phi) is 9.41. The minimum Gasteiger partial charge on any atom is -0.497 e. The number of piperazine rings is 1. The van der Waals surface area contributed by atoms with Gasteiger partial charge < -0.3 is 24.8 Å². The van der Waals surface area contributed by atoms with Gasteiger partial charge in [0.2, 0.25) is 0 Å². The zero-order valence-electron chi connectivity index (χ0n) is 21.9. The van der Waals surface area contributed by atoms with Gasteiger partial charge in [0.25, 0.3) is 0 Å². The Morgan fingerprint density at radius 3 is 2.46 bits per heavy atom. The summed E-state index contributed by atoms with van der Waals surface area (Å²) in [5.41, 5.74) is 1.96. The van der Waals surface area contributed by atoms with Crippen molar-refractivity contribution in [2.45, 2.75) is 50.7 Å². The zero-order chi connectivity index (χ0) is 26.2. The summed E-state index contributed by atoms with van der Waals surface area (Å²) in [4.78, 5) is 29.7. The van der Waals surface area contributed by atoms with Gasteiger partial charge in [-0.15, -0.1) is 0 Å². The molecule has 1 aliphatic carbocycles. The number of ether oxygens (including phenoxy) is 2. The second-order valence-corrected chi connectivity index (χ2v) is 10.0. The SMILES string of the molecule is COc1ccc(C(NC[C@H]2CN(Cc3ccccc3)CCN2C(=O)O)C(=O)C2CCCCC2)c(OC)c1. The maximum atomic E-state index is 13.8. The van der Waals surface area contributed by atoms with E-state index in [2.05, 4.69) is 22.3 Å². The van der Waals surface area contributed by atoms with E-state index in [9.17, 15) is 14.7 Å². The van der Waals surface area contributed by atoms with Gasteiger partial charge in [0.05, 0.1) is 26.3 Å². The Morgan fingerprint density at radius 2 is 1.78 bits per heavy atom. The van der Waals surface area contributed by atoms with E-state index in [1.54, 1.807) is 20.3 Å². The molecule has 0 radical (unpaired) electrons. The summed E-state index contributed by atoms with van der Waals surface area (Å²) in [7, 11) is 3.19. The van der Waals surface area contributed by atoms with Crippen molar-refractivity contribution in [3.8, 4) is 11.5 Å². The first-order valence-electron chi connectivity index (χ1n) is 13.2. The first kappa shape index (κ1) is 26.9. The van der Waals surface area contributed by atoms with Crippen molar-refractivity contribution >= 4 is 11.9 Å². The fraction of sp³-hybridized carbons (Fsp3) is 0.517. The molecular formula is C29H39N3O5. The summed E-state index contributed by atoms with van der Waals surface area (Å²) in [6.45, 7) is 2.84. The third-order valence-corrected chi connectivity index (χ3v) is 7.66. The van der Waals surface area contributed by atoms with E-state index in [1.165, 1.54) is 16.9 Å². The largest absolute Gasteiger partial charge is 0.497 e. The van der Waals surface area contributed by atoms with Gasteiger partial charge in [0.15, 0.2) is 5.78 Å². The van der Waals surface area contributed by atoms with E-state index in [-0.39, 0.29) is 17.7 Å². The summed E-state index contributed by atoms with van der Waals surface area (Å²) in [5.74, 6) is 1.40. The number of carbonyl (C=O) groups excluding carboxylic acids is 1. The highest BCUT2D eigenvalue weighted by Crippen LogP contribution is 2.35. The van der Waals surface area contributed by atoms with Crippen LogP contribution in [0.25, 0.3) is 0 Å². The lowest BCUT2D eigenvalue weighted by atomic mass is 9.82. The Balaban J connectivity index is 1.54. The number of methoxy groups -OCH3 is 2. The van der Waals surface area contributed by atoms with Crippen molar-refractivity contribution in [2.75, 3.05) is 40.4 Å². The summed E-state index contributed by atoms with van der Waals surface area (Å²) >= 11 is 0. The monoisotopic (exact) mass is 509 g/mol. The Bertz CT molecular complexity index is 1040. The third-order valence-electron chi connectivity index (χ3n) is 7.66. The van der Waals surface area contributed by atoms with Crippen LogP contribution in [0.2, 0.25) is 0 Å². The number of benzene rings is 2. The fourth-order valence-corrected chi connectivity index (χ4v) is 5.63. The number of Topliss-reactive ketones (excluding diaryl/α,β-unsaturated/α-hetero) is 1. The normalized spacial score (nSPS) is 19.8. The van der Waals surface area contributed by atoms with E-state index in [1.807, 2.05) is 30.3 Å². The number of hydrogen-bond acceptors (Lipinski definition) is 6. The smallest absolute Gasteiger partial charge is 0.407 e. The molecule has 1 saturated heterocycles. The van der Waals surface area contributed by atoms with Crippen LogP contribution in [-0.4, -0.2) is 73.2 Å². The molecule has 2 atom stereocenters. The van der Waals surface area contributed by atoms with Gasteiger partial charge in [0, 0.05) is 50.3 Å². The van der Waals surface area contributed by atoms with Crippen molar-refractivity contribution in [3.63, 3.8) is 0 Å². The van der Waals surface area contributed by atoms with Crippen LogP contribution in [0.15, 0.2) is 48.5 Å². The van der Waals surface area contributed by atoms with Crippen LogP contribution in [-0.2, 0) is 11.3 Å². The number of nitrogens with one attached hydrogen (secondary N) is 1. The molecular weight excluding hydrogens is 470 g/mol. The van der Waals surface area contributed by atoms with Crippen LogP contribution in [0.1, 0.15) is 49.3 Å². The molecule has 1 unspecified atom stereocenters. The Labute approximate surface area is 219 Å². The van der Waals surface area contributed by atoms with Crippen LogP contribution >= 0.6 is 0 Å². The lowest BCUT2D eigenvalue weighted by Crippen LogP contribution is -2.58. The molecule has 200 valence electrons. The fourth-order valence-electron chi connectivity index (χ4n) is 5.63. The number of ketones is 1. The lowest BCUT2D eigenvalue weighted by Gasteiger charge is -2.40. The minimum atomic E-state index is -0.927. The van der Waals surface area contributed by atoms with Crippen LogP contribution in [0.4, 0.5) is 4.79 Å². The van der Waals surface area contributed by atoms with Gasteiger partial charge in [-0.3, -0.25) is 9.69 Å². The molecule has 0 aromatic heterocycles. The van der Waals surface area contributed by atoms with Crippen LogP contribution < -0.4 is 14.8 Å². The van der Waals surface area contributed by atoms with Crippen LogP contribution in [0.3, 0.4) is 0 Å². The minimum absolute atomic E-state index is 0.00503. The number of hydrogen-bond donors (Lipinski definition) is 2. The maximum absolute atomic E-state index is 13.8. The van der Waals surface area contributed by atoms with Crippen molar-refractivity contribution in [1.82, 2.24) is 15.1 Å². The second kappa shape index (κ2) is 12.9. The van der Waals surface area contributed by atoms with Crippen molar-refractivity contribution in [2.24, 2.45) is 5.92 Å². The summed E-state index contributed by atoms with van der Waals surface area (Å²) in [6, 6.07) is 14.9. The molecule has 2 N–H and O–H groups in total. The summed E-state index contributed by atoms with van der Waals surface area (Å²) < 4.78 is 11.0. The summed E-state index contributed by atoms with van der Waals surface area (Å²) in [5, 5.41) is 13.4. The summed E-state index contributed by atoms with van der Waals surface area (Å²) in [6.07, 6.45) is 4.15. The second-order valence-electron chi connectivity index (χ2n) is 10.0. The molecule has 1 aliphatic heterocycles. The predicted octanol–water partition coefficient (Wildman–Crippen LogP) is 4.35. The van der Waals surface area contributed by atoms with Gasteiger partial charge in [-0.1, -0.05) is 49.6 Å². The molecule has 1 amide bonds. The average Bonchev–Trinajstić information content (AvgIpc) is 2.94. The van der Waals surface area contributed by atoms with E-state index >= 15 is 0 Å². The quantitative estimate of drug-likeness (QED) is 0.492. The van der Waals surface area contributed by atoms with Crippen molar-refractivity contribution < 1.29 is 24.2 Å². The molecule has 37 heavy (non-hydrogen) atoms. The molecule has 4 rings (SSSR count). The van der Waals surface area contributed by atoms with E-state index in [0.717, 1.165) is 37.8 Å². The lowest BCUT2D eigenvalue weighted by molar-refractivity contribution is -0.126. The highest BCUT2D eigenvalue weighted by molar-refractivity contribution is 5.88. The Hall–Kier alpha value is -3.10. The number of carbonyl (C=O) groups is 2. The molecule has 2 aliphatic rings. The topological polar surface area (TPSA) is 91.3 Å². The number of rotatable bonds is 10. The third kappa shape index (κ3) is 6.81. The number of amides is 1. The Morgan fingerprint density at radius 1 is 1.03 bits per heavy atom. The van der Waals surface area contributed by atoms with Gasteiger partial charge >= 0.3 is 6.09 Å². The number of carboxylic acid groups (broad SMARTS) is 1. The standard InChI is InChI=1S/C29H39N3O5/c1-36-24-13-14-25(26(17-24)37-2)27(28(33)22-11-7-4-8-12-22)30-18-23-20-31(15-16-32(23)29(34)35)19-21-9-5-3-6-10-21/h3,5-6,9-10,13-14,17,22-23,27,30H,4,7-8,11-12,15-16,18-20H2,1-2H3,(H,34,35)/t23-,27?/m0/s1. The molecule has 1 saturated carbocycles. The molecule has 2 aromatic rings. The van der Waals surface area contributed by atoms with Gasteiger partial charge in [0.1, 0.15) is 11.5 Å². The van der Waals surface area contributed by atoms with E-state index in [4.69, 9.17) is 9.47 Å². The molecule has 2 fully saturated rings. The molecule has 0 bridgehead atoms. The van der Waals surface area contributed by atoms with Gasteiger partial charge in [-0.25, -0.2) is 4.79 Å².